The van der Waals surface area contributed by atoms with Crippen LogP contribution in [-0.4, -0.2) is 18.0 Å². The molecule has 25 heavy (non-hydrogen) atoms. The molecule has 0 atom stereocenters. The average molecular weight is 337 g/mol. The van der Waals surface area contributed by atoms with E-state index in [0.717, 1.165) is 5.56 Å². The van der Waals surface area contributed by atoms with Crippen LogP contribution in [-0.2, 0) is 11.2 Å². The van der Waals surface area contributed by atoms with Gasteiger partial charge in [0.15, 0.2) is 0 Å². The molecule has 2 amide bonds. The fourth-order valence-electron chi connectivity index (χ4n) is 2.22. The molecule has 0 aliphatic carbocycles. The number of carbonyl (C=O) groups is 2. The van der Waals surface area contributed by atoms with Gasteiger partial charge in [-0.15, -0.1) is 0 Å². The summed E-state index contributed by atoms with van der Waals surface area (Å²) in [6.45, 7) is 3.98. The standard InChI is InChI=1S/C20H23N3O2/c1-15(2)14-19(24)22-18-10-8-17(9-11-18)20(25)23-21-13-12-16-6-4-3-5-7-16/h3-11,13,15H,12,14H2,1-2H3,(H,22,24)(H,23,25). The number of rotatable bonds is 7. The number of anilines is 1. The Kier molecular flexibility index (Phi) is 6.89. The summed E-state index contributed by atoms with van der Waals surface area (Å²) in [6.07, 6.45) is 2.79. The van der Waals surface area contributed by atoms with E-state index in [1.807, 2.05) is 44.2 Å². The molecular weight excluding hydrogens is 314 g/mol. The van der Waals surface area contributed by atoms with Gasteiger partial charge in [-0.25, -0.2) is 5.43 Å². The largest absolute Gasteiger partial charge is 0.326 e. The van der Waals surface area contributed by atoms with Gasteiger partial charge in [0.05, 0.1) is 0 Å². The molecule has 0 saturated carbocycles. The first-order chi connectivity index (χ1) is 12.0. The van der Waals surface area contributed by atoms with Gasteiger partial charge >= 0.3 is 0 Å². The predicted octanol–water partition coefficient (Wildman–Crippen LogP) is 3.63. The van der Waals surface area contributed by atoms with Crippen LogP contribution in [0.25, 0.3) is 0 Å². The average Bonchev–Trinajstić information content (AvgIpc) is 2.59. The smallest absolute Gasteiger partial charge is 0.271 e. The lowest BCUT2D eigenvalue weighted by atomic mass is 10.1. The zero-order valence-corrected chi connectivity index (χ0v) is 14.5. The molecule has 0 bridgehead atoms. The third-order valence-corrected chi connectivity index (χ3v) is 3.45. The van der Waals surface area contributed by atoms with Gasteiger partial charge in [-0.3, -0.25) is 9.59 Å². The molecule has 2 aromatic carbocycles. The number of hydrazone groups is 1. The van der Waals surface area contributed by atoms with E-state index in [1.54, 1.807) is 30.5 Å². The maximum Gasteiger partial charge on any atom is 0.271 e. The molecule has 130 valence electrons. The molecule has 0 heterocycles. The third kappa shape index (κ3) is 6.59. The van der Waals surface area contributed by atoms with E-state index in [4.69, 9.17) is 0 Å². The minimum absolute atomic E-state index is 0.0299. The lowest BCUT2D eigenvalue weighted by molar-refractivity contribution is -0.116. The van der Waals surface area contributed by atoms with Crippen LogP contribution in [0.5, 0.6) is 0 Å². The fourth-order valence-corrected chi connectivity index (χ4v) is 2.22. The highest BCUT2D eigenvalue weighted by atomic mass is 16.2. The van der Waals surface area contributed by atoms with Gasteiger partial charge < -0.3 is 5.32 Å². The van der Waals surface area contributed by atoms with E-state index in [2.05, 4.69) is 15.8 Å². The highest BCUT2D eigenvalue weighted by Crippen LogP contribution is 2.11. The van der Waals surface area contributed by atoms with E-state index < -0.39 is 0 Å². The minimum Gasteiger partial charge on any atom is -0.326 e. The van der Waals surface area contributed by atoms with Crippen molar-refractivity contribution in [2.75, 3.05) is 5.32 Å². The molecule has 2 rings (SSSR count). The zero-order valence-electron chi connectivity index (χ0n) is 14.5. The van der Waals surface area contributed by atoms with Crippen LogP contribution in [0, 0.1) is 5.92 Å². The molecule has 5 heteroatoms. The Hall–Kier alpha value is -2.95. The Labute approximate surface area is 148 Å². The number of hydrogen-bond acceptors (Lipinski definition) is 3. The van der Waals surface area contributed by atoms with Crippen molar-refractivity contribution >= 4 is 23.7 Å². The molecular formula is C20H23N3O2. The first-order valence-electron chi connectivity index (χ1n) is 8.30. The number of nitrogens with zero attached hydrogens (tertiary/aromatic N) is 1. The number of benzene rings is 2. The summed E-state index contributed by atoms with van der Waals surface area (Å²) in [5.74, 6) is -0.0131. The number of nitrogens with one attached hydrogen (secondary N) is 2. The summed E-state index contributed by atoms with van der Waals surface area (Å²) < 4.78 is 0. The SMILES string of the molecule is CC(C)CC(=O)Nc1ccc(C(=O)NN=CCc2ccccc2)cc1. The molecule has 0 saturated heterocycles. The minimum atomic E-state index is -0.288. The lowest BCUT2D eigenvalue weighted by Gasteiger charge is -2.07. The predicted molar refractivity (Wildman–Crippen MR) is 101 cm³/mol. The summed E-state index contributed by atoms with van der Waals surface area (Å²) in [5.41, 5.74) is 4.79. The van der Waals surface area contributed by atoms with Crippen molar-refractivity contribution in [3.63, 3.8) is 0 Å². The van der Waals surface area contributed by atoms with Crippen LogP contribution < -0.4 is 10.7 Å². The van der Waals surface area contributed by atoms with Crippen LogP contribution in [0.2, 0.25) is 0 Å². The number of carbonyl (C=O) groups excluding carboxylic acids is 2. The Morgan fingerprint density at radius 3 is 2.36 bits per heavy atom. The van der Waals surface area contributed by atoms with Crippen molar-refractivity contribution in [2.45, 2.75) is 26.7 Å². The Bertz CT molecular complexity index is 722. The molecule has 0 aliphatic rings. The van der Waals surface area contributed by atoms with Crippen molar-refractivity contribution in [1.82, 2.24) is 5.43 Å². The molecule has 0 spiro atoms. The number of amides is 2. The van der Waals surface area contributed by atoms with E-state index in [-0.39, 0.29) is 11.8 Å². The fraction of sp³-hybridized carbons (Fsp3) is 0.250. The Morgan fingerprint density at radius 1 is 1.04 bits per heavy atom. The Morgan fingerprint density at radius 2 is 1.72 bits per heavy atom. The first kappa shape index (κ1) is 18.4. The second kappa shape index (κ2) is 9.37. The maximum atomic E-state index is 12.0. The summed E-state index contributed by atoms with van der Waals surface area (Å²) in [7, 11) is 0. The Balaban J connectivity index is 1.82. The number of hydrogen-bond donors (Lipinski definition) is 2. The lowest BCUT2D eigenvalue weighted by Crippen LogP contribution is -2.18. The van der Waals surface area contributed by atoms with Crippen molar-refractivity contribution in [3.05, 3.63) is 65.7 Å². The van der Waals surface area contributed by atoms with Crippen molar-refractivity contribution < 1.29 is 9.59 Å². The molecule has 0 radical (unpaired) electrons. The molecule has 0 aromatic heterocycles. The van der Waals surface area contributed by atoms with Gasteiger partial charge in [0, 0.05) is 30.3 Å². The van der Waals surface area contributed by atoms with Crippen LogP contribution in [0.15, 0.2) is 59.7 Å². The normalized spacial score (nSPS) is 10.8. The van der Waals surface area contributed by atoms with Gasteiger partial charge in [0.1, 0.15) is 0 Å². The van der Waals surface area contributed by atoms with E-state index in [1.165, 1.54) is 0 Å². The van der Waals surface area contributed by atoms with Gasteiger partial charge in [-0.1, -0.05) is 44.2 Å². The summed E-state index contributed by atoms with van der Waals surface area (Å²) in [5, 5.41) is 6.76. The molecule has 0 fully saturated rings. The molecule has 0 unspecified atom stereocenters. The van der Waals surface area contributed by atoms with Crippen LogP contribution >= 0.6 is 0 Å². The summed E-state index contributed by atoms with van der Waals surface area (Å²) in [6, 6.07) is 16.6. The van der Waals surface area contributed by atoms with E-state index in [0.29, 0.717) is 30.0 Å². The van der Waals surface area contributed by atoms with Gasteiger partial charge in [-0.05, 0) is 35.7 Å². The van der Waals surface area contributed by atoms with Crippen LogP contribution in [0.4, 0.5) is 5.69 Å². The van der Waals surface area contributed by atoms with E-state index in [9.17, 15) is 9.59 Å². The second-order valence-corrected chi connectivity index (χ2v) is 6.17. The van der Waals surface area contributed by atoms with Crippen LogP contribution in [0.1, 0.15) is 36.2 Å². The molecule has 5 nitrogen and oxygen atoms in total. The van der Waals surface area contributed by atoms with Crippen molar-refractivity contribution in [3.8, 4) is 0 Å². The highest BCUT2D eigenvalue weighted by Gasteiger charge is 2.07. The van der Waals surface area contributed by atoms with Gasteiger partial charge in [0.25, 0.3) is 5.91 Å². The quantitative estimate of drug-likeness (QED) is 0.598. The van der Waals surface area contributed by atoms with Crippen molar-refractivity contribution in [1.29, 1.82) is 0 Å². The topological polar surface area (TPSA) is 70.6 Å². The highest BCUT2D eigenvalue weighted by molar-refractivity contribution is 5.96. The second-order valence-electron chi connectivity index (χ2n) is 6.17. The summed E-state index contributed by atoms with van der Waals surface area (Å²) >= 11 is 0. The zero-order chi connectivity index (χ0) is 18.1. The molecule has 2 N–H and O–H groups in total. The first-order valence-corrected chi connectivity index (χ1v) is 8.30. The molecule has 2 aromatic rings. The van der Waals surface area contributed by atoms with Crippen molar-refractivity contribution in [2.24, 2.45) is 11.0 Å². The summed E-state index contributed by atoms with van der Waals surface area (Å²) in [4.78, 5) is 23.7. The van der Waals surface area contributed by atoms with Gasteiger partial charge in [-0.2, -0.15) is 5.10 Å². The van der Waals surface area contributed by atoms with Crippen LogP contribution in [0.3, 0.4) is 0 Å². The monoisotopic (exact) mass is 337 g/mol. The van der Waals surface area contributed by atoms with Gasteiger partial charge in [0.2, 0.25) is 5.91 Å². The van der Waals surface area contributed by atoms with E-state index >= 15 is 0 Å². The molecule has 0 aliphatic heterocycles. The maximum absolute atomic E-state index is 12.0. The third-order valence-electron chi connectivity index (χ3n) is 3.45.